The third-order valence-corrected chi connectivity index (χ3v) is 6.48. The molecule has 5 heteroatoms. The van der Waals surface area contributed by atoms with Gasteiger partial charge < -0.3 is 10.2 Å². The van der Waals surface area contributed by atoms with Crippen LogP contribution >= 0.6 is 0 Å². The molecule has 2 amide bonds. The molecule has 160 valence electrons. The molecule has 3 rings (SSSR count). The Morgan fingerprint density at radius 1 is 1.00 bits per heavy atom. The van der Waals surface area contributed by atoms with Crippen LogP contribution in [0.2, 0.25) is 0 Å². The van der Waals surface area contributed by atoms with Crippen LogP contribution in [0.5, 0.6) is 0 Å². The maximum atomic E-state index is 12.8. The largest absolute Gasteiger partial charge is 0.354 e. The van der Waals surface area contributed by atoms with Gasteiger partial charge in [0.15, 0.2) is 0 Å². The van der Waals surface area contributed by atoms with Crippen LogP contribution in [-0.4, -0.2) is 53.3 Å². The number of carbonyl (C=O) groups excluding carboxylic acids is 2. The topological polar surface area (TPSA) is 52.7 Å². The summed E-state index contributed by atoms with van der Waals surface area (Å²) in [5.74, 6) is 0.332. The molecule has 0 spiro atoms. The van der Waals surface area contributed by atoms with E-state index >= 15 is 0 Å². The first kappa shape index (κ1) is 21.8. The van der Waals surface area contributed by atoms with Crippen LogP contribution in [0.3, 0.4) is 0 Å². The third-order valence-electron chi connectivity index (χ3n) is 6.48. The Bertz CT molecular complexity index is 743. The molecular weight excluding hydrogens is 362 g/mol. The lowest BCUT2D eigenvalue weighted by Crippen LogP contribution is -2.54. The predicted octanol–water partition coefficient (Wildman–Crippen LogP) is 3.22. The number of carbonyl (C=O) groups is 2. The summed E-state index contributed by atoms with van der Waals surface area (Å²) in [6.07, 6.45) is 2.57. The highest BCUT2D eigenvalue weighted by Gasteiger charge is 2.34. The minimum absolute atomic E-state index is 0.0110. The number of hydrogen-bond acceptors (Lipinski definition) is 3. The Hall–Kier alpha value is -1.88. The molecule has 0 aromatic heterocycles. The van der Waals surface area contributed by atoms with E-state index in [2.05, 4.69) is 48.3 Å². The van der Waals surface area contributed by atoms with Crippen molar-refractivity contribution in [1.29, 1.82) is 0 Å². The number of nitrogens with zero attached hydrogens (tertiary/aromatic N) is 2. The molecule has 1 saturated heterocycles. The predicted molar refractivity (Wildman–Crippen MR) is 116 cm³/mol. The van der Waals surface area contributed by atoms with Gasteiger partial charge in [0.1, 0.15) is 0 Å². The molecule has 1 aromatic rings. The van der Waals surface area contributed by atoms with Crippen LogP contribution in [0.15, 0.2) is 24.3 Å². The van der Waals surface area contributed by atoms with Crippen LogP contribution in [0.4, 0.5) is 0 Å². The first-order valence-electron chi connectivity index (χ1n) is 11.0. The molecule has 1 fully saturated rings. The van der Waals surface area contributed by atoms with E-state index in [0.717, 1.165) is 32.4 Å². The molecule has 2 aliphatic rings. The van der Waals surface area contributed by atoms with Crippen molar-refractivity contribution in [2.45, 2.75) is 66.0 Å². The molecule has 1 aromatic carbocycles. The van der Waals surface area contributed by atoms with E-state index in [1.807, 2.05) is 25.7 Å². The van der Waals surface area contributed by atoms with Gasteiger partial charge in [0.25, 0.3) is 0 Å². The van der Waals surface area contributed by atoms with Crippen molar-refractivity contribution in [3.8, 4) is 0 Å². The number of amides is 2. The maximum absolute atomic E-state index is 12.8. The average molecular weight is 400 g/mol. The third kappa shape index (κ3) is 5.19. The zero-order valence-corrected chi connectivity index (χ0v) is 18.8. The highest BCUT2D eigenvalue weighted by molar-refractivity contribution is 5.82. The quantitative estimate of drug-likeness (QED) is 0.846. The molecule has 0 saturated carbocycles. The van der Waals surface area contributed by atoms with Crippen LogP contribution in [-0.2, 0) is 22.6 Å². The second-order valence-electron chi connectivity index (χ2n) is 10.3. The molecule has 0 bridgehead atoms. The number of rotatable bonds is 4. The summed E-state index contributed by atoms with van der Waals surface area (Å²) in [6, 6.07) is 8.65. The zero-order chi connectivity index (χ0) is 21.2. The Morgan fingerprint density at radius 2 is 1.62 bits per heavy atom. The number of nitrogens with one attached hydrogen (secondary N) is 1. The molecule has 2 heterocycles. The highest BCUT2D eigenvalue weighted by Crippen LogP contribution is 2.26. The van der Waals surface area contributed by atoms with Crippen molar-refractivity contribution >= 4 is 11.8 Å². The van der Waals surface area contributed by atoms with Gasteiger partial charge in [-0.1, -0.05) is 45.0 Å². The van der Waals surface area contributed by atoms with Crippen molar-refractivity contribution in [2.75, 3.05) is 26.2 Å². The molecule has 2 aliphatic heterocycles. The molecule has 5 nitrogen and oxygen atoms in total. The summed E-state index contributed by atoms with van der Waals surface area (Å²) in [5, 5.41) is 3.20. The van der Waals surface area contributed by atoms with E-state index in [0.29, 0.717) is 19.6 Å². The summed E-state index contributed by atoms with van der Waals surface area (Å²) < 4.78 is 0. The minimum Gasteiger partial charge on any atom is -0.354 e. The Balaban J connectivity index is 1.49. The van der Waals surface area contributed by atoms with E-state index in [4.69, 9.17) is 0 Å². The zero-order valence-electron chi connectivity index (χ0n) is 18.8. The van der Waals surface area contributed by atoms with Gasteiger partial charge in [-0.3, -0.25) is 14.5 Å². The average Bonchev–Trinajstić information content (AvgIpc) is 2.70. The molecule has 0 radical (unpaired) electrons. The van der Waals surface area contributed by atoms with E-state index in [-0.39, 0.29) is 28.7 Å². The Morgan fingerprint density at radius 3 is 2.24 bits per heavy atom. The van der Waals surface area contributed by atoms with Gasteiger partial charge in [0, 0.05) is 49.6 Å². The first-order chi connectivity index (χ1) is 13.6. The SMILES string of the molecule is CC(C)(C)C(=O)N1CCC(C(=O)NCC(C)(C)N2CCc3ccccc3C2)CC1. The number of benzene rings is 1. The van der Waals surface area contributed by atoms with Crippen LogP contribution in [0, 0.1) is 11.3 Å². The molecule has 0 unspecified atom stereocenters. The lowest BCUT2D eigenvalue weighted by Gasteiger charge is -2.42. The summed E-state index contributed by atoms with van der Waals surface area (Å²) in [6.45, 7) is 14.3. The molecule has 0 aliphatic carbocycles. The highest BCUT2D eigenvalue weighted by atomic mass is 16.2. The van der Waals surface area contributed by atoms with Gasteiger partial charge in [-0.15, -0.1) is 0 Å². The summed E-state index contributed by atoms with van der Waals surface area (Å²) in [7, 11) is 0. The van der Waals surface area contributed by atoms with E-state index < -0.39 is 0 Å². The van der Waals surface area contributed by atoms with Crippen molar-refractivity contribution in [1.82, 2.24) is 15.1 Å². The fraction of sp³-hybridized carbons (Fsp3) is 0.667. The Kier molecular flexibility index (Phi) is 6.37. The molecular formula is C24H37N3O2. The summed E-state index contributed by atoms with van der Waals surface area (Å²) in [5.41, 5.74) is 2.40. The number of fused-ring (bicyclic) bond motifs is 1. The fourth-order valence-corrected chi connectivity index (χ4v) is 4.39. The Labute approximate surface area is 175 Å². The van der Waals surface area contributed by atoms with Crippen LogP contribution in [0.25, 0.3) is 0 Å². The van der Waals surface area contributed by atoms with Crippen molar-refractivity contribution in [3.05, 3.63) is 35.4 Å². The first-order valence-corrected chi connectivity index (χ1v) is 11.0. The molecule has 29 heavy (non-hydrogen) atoms. The second kappa shape index (κ2) is 8.47. The lowest BCUT2D eigenvalue weighted by molar-refractivity contribution is -0.142. The standard InChI is InChI=1S/C24H37N3O2/c1-23(2,3)22(29)26-13-10-19(11-14-26)21(28)25-17-24(4,5)27-15-12-18-8-6-7-9-20(18)16-27/h6-9,19H,10-17H2,1-5H3,(H,25,28). The van der Waals surface area contributed by atoms with E-state index in [1.54, 1.807) is 0 Å². The number of hydrogen-bond donors (Lipinski definition) is 1. The lowest BCUT2D eigenvalue weighted by atomic mass is 9.90. The molecule has 0 atom stereocenters. The van der Waals surface area contributed by atoms with Gasteiger partial charge in [0.05, 0.1) is 0 Å². The molecule has 1 N–H and O–H groups in total. The fourth-order valence-electron chi connectivity index (χ4n) is 4.39. The minimum atomic E-state index is -0.355. The maximum Gasteiger partial charge on any atom is 0.227 e. The normalized spacial score (nSPS) is 19.0. The van der Waals surface area contributed by atoms with Gasteiger partial charge in [-0.2, -0.15) is 0 Å². The van der Waals surface area contributed by atoms with Gasteiger partial charge >= 0.3 is 0 Å². The monoisotopic (exact) mass is 399 g/mol. The van der Waals surface area contributed by atoms with Crippen LogP contribution < -0.4 is 5.32 Å². The van der Waals surface area contributed by atoms with Gasteiger partial charge in [-0.05, 0) is 44.2 Å². The van der Waals surface area contributed by atoms with Crippen molar-refractivity contribution < 1.29 is 9.59 Å². The number of likely N-dealkylation sites (tertiary alicyclic amines) is 1. The summed E-state index contributed by atoms with van der Waals surface area (Å²) >= 11 is 0. The van der Waals surface area contributed by atoms with E-state index in [1.165, 1.54) is 11.1 Å². The number of piperidine rings is 1. The van der Waals surface area contributed by atoms with Crippen molar-refractivity contribution in [3.63, 3.8) is 0 Å². The van der Waals surface area contributed by atoms with Crippen LogP contribution in [0.1, 0.15) is 58.6 Å². The second-order valence-corrected chi connectivity index (χ2v) is 10.3. The summed E-state index contributed by atoms with van der Waals surface area (Å²) in [4.78, 5) is 29.6. The van der Waals surface area contributed by atoms with Gasteiger partial charge in [-0.25, -0.2) is 0 Å². The smallest absolute Gasteiger partial charge is 0.227 e. The van der Waals surface area contributed by atoms with Crippen molar-refractivity contribution in [2.24, 2.45) is 11.3 Å². The van der Waals surface area contributed by atoms with Gasteiger partial charge in [0.2, 0.25) is 11.8 Å². The van der Waals surface area contributed by atoms with E-state index in [9.17, 15) is 9.59 Å².